The van der Waals surface area contributed by atoms with E-state index < -0.39 is 17.9 Å². The molecule has 1 atom stereocenters. The molecule has 0 bridgehead atoms. The summed E-state index contributed by atoms with van der Waals surface area (Å²) >= 11 is 0. The minimum absolute atomic E-state index is 0.274. The van der Waals surface area contributed by atoms with Crippen molar-refractivity contribution >= 4 is 18.2 Å². The van der Waals surface area contributed by atoms with Crippen LogP contribution in [-0.2, 0) is 9.59 Å². The van der Waals surface area contributed by atoms with Crippen LogP contribution >= 0.6 is 0 Å². The van der Waals surface area contributed by atoms with Crippen molar-refractivity contribution in [1.29, 1.82) is 0 Å². The van der Waals surface area contributed by atoms with E-state index in [4.69, 9.17) is 9.84 Å². The minimum atomic E-state index is -1.08. The van der Waals surface area contributed by atoms with Crippen LogP contribution in [0.2, 0.25) is 0 Å². The number of carbonyl (C=O) groups is 3. The zero-order valence-corrected chi connectivity index (χ0v) is 10.5. The second-order valence-corrected chi connectivity index (χ2v) is 3.84. The van der Waals surface area contributed by atoms with Gasteiger partial charge in [0, 0.05) is 5.56 Å². The summed E-state index contributed by atoms with van der Waals surface area (Å²) in [5, 5.41) is 11.1. The third-order valence-electron chi connectivity index (χ3n) is 2.43. The lowest BCUT2D eigenvalue weighted by atomic mass is 10.2. The molecular weight excluding hydrogens is 250 g/mol. The summed E-state index contributed by atoms with van der Waals surface area (Å²) in [6.07, 6.45) is 1.00. The van der Waals surface area contributed by atoms with E-state index in [1.54, 1.807) is 31.2 Å². The maximum atomic E-state index is 11.5. The van der Waals surface area contributed by atoms with Crippen molar-refractivity contribution in [1.82, 2.24) is 5.32 Å². The Hall–Kier alpha value is -2.37. The highest BCUT2D eigenvalue weighted by atomic mass is 16.5. The summed E-state index contributed by atoms with van der Waals surface area (Å²) in [5.41, 5.74) is 0.508. The van der Waals surface area contributed by atoms with E-state index in [0.717, 1.165) is 0 Å². The first-order valence-electron chi connectivity index (χ1n) is 5.77. The van der Waals surface area contributed by atoms with Crippen LogP contribution < -0.4 is 10.1 Å². The van der Waals surface area contributed by atoms with Crippen LogP contribution in [0.4, 0.5) is 0 Å². The molecule has 2 N–H and O–H groups in total. The van der Waals surface area contributed by atoms with Crippen LogP contribution in [0.5, 0.6) is 5.75 Å². The fourth-order valence-electron chi connectivity index (χ4n) is 1.37. The van der Waals surface area contributed by atoms with Gasteiger partial charge in [0.05, 0.1) is 0 Å². The SMILES string of the molecule is CCC(NC(=O)COc1ccc(C=O)cc1)C(=O)O. The highest BCUT2D eigenvalue weighted by Crippen LogP contribution is 2.10. The van der Waals surface area contributed by atoms with Crippen LogP contribution in [0.3, 0.4) is 0 Å². The Kier molecular flexibility index (Phi) is 5.53. The number of aldehydes is 1. The molecule has 1 unspecified atom stereocenters. The molecule has 0 spiro atoms. The first-order valence-corrected chi connectivity index (χ1v) is 5.77. The van der Waals surface area contributed by atoms with Gasteiger partial charge in [-0.3, -0.25) is 9.59 Å². The average molecular weight is 265 g/mol. The smallest absolute Gasteiger partial charge is 0.326 e. The van der Waals surface area contributed by atoms with E-state index in [-0.39, 0.29) is 6.61 Å². The number of aliphatic carboxylic acids is 1. The standard InChI is InChI=1S/C13H15NO5/c1-2-11(13(17)18)14-12(16)8-19-10-5-3-9(7-15)4-6-10/h3-7,11H,2,8H2,1H3,(H,14,16)(H,17,18). The zero-order chi connectivity index (χ0) is 14.3. The first-order chi connectivity index (χ1) is 9.06. The Labute approximate surface area is 110 Å². The number of benzene rings is 1. The molecule has 0 saturated heterocycles. The largest absolute Gasteiger partial charge is 0.484 e. The molecule has 19 heavy (non-hydrogen) atoms. The van der Waals surface area contributed by atoms with E-state index in [9.17, 15) is 14.4 Å². The molecule has 6 heteroatoms. The average Bonchev–Trinajstić information content (AvgIpc) is 2.42. The van der Waals surface area contributed by atoms with Gasteiger partial charge in [0.25, 0.3) is 5.91 Å². The number of ether oxygens (including phenoxy) is 1. The Bertz CT molecular complexity index is 455. The third kappa shape index (κ3) is 4.79. The molecule has 0 fully saturated rings. The van der Waals surface area contributed by atoms with Gasteiger partial charge in [-0.05, 0) is 30.7 Å². The van der Waals surface area contributed by atoms with Crippen LogP contribution in [-0.4, -0.2) is 35.9 Å². The number of amides is 1. The van der Waals surface area contributed by atoms with Crippen molar-refractivity contribution in [2.45, 2.75) is 19.4 Å². The molecule has 0 aliphatic heterocycles. The Balaban J connectivity index is 2.44. The first kappa shape index (κ1) is 14.7. The molecule has 1 rings (SSSR count). The van der Waals surface area contributed by atoms with Crippen molar-refractivity contribution in [3.05, 3.63) is 29.8 Å². The molecule has 0 heterocycles. The van der Waals surface area contributed by atoms with Gasteiger partial charge < -0.3 is 15.2 Å². The molecule has 102 valence electrons. The summed E-state index contributed by atoms with van der Waals surface area (Å²) < 4.78 is 5.17. The third-order valence-corrected chi connectivity index (χ3v) is 2.43. The molecule has 0 aliphatic carbocycles. The highest BCUT2D eigenvalue weighted by Gasteiger charge is 2.17. The lowest BCUT2D eigenvalue weighted by Crippen LogP contribution is -2.42. The number of hydrogen-bond acceptors (Lipinski definition) is 4. The van der Waals surface area contributed by atoms with E-state index >= 15 is 0 Å². The molecule has 0 aromatic heterocycles. The maximum absolute atomic E-state index is 11.5. The predicted molar refractivity (Wildman–Crippen MR) is 67.2 cm³/mol. The second kappa shape index (κ2) is 7.15. The molecular formula is C13H15NO5. The predicted octanol–water partition coefficient (Wildman–Crippen LogP) is 0.857. The van der Waals surface area contributed by atoms with Crippen LogP contribution in [0, 0.1) is 0 Å². The van der Waals surface area contributed by atoms with E-state index in [1.807, 2.05) is 0 Å². The molecule has 1 aromatic rings. The zero-order valence-electron chi connectivity index (χ0n) is 10.5. The van der Waals surface area contributed by atoms with E-state index in [2.05, 4.69) is 5.32 Å². The minimum Gasteiger partial charge on any atom is -0.484 e. The van der Waals surface area contributed by atoms with Gasteiger partial charge >= 0.3 is 5.97 Å². The molecule has 0 radical (unpaired) electrons. The van der Waals surface area contributed by atoms with Crippen molar-refractivity contribution < 1.29 is 24.2 Å². The van der Waals surface area contributed by atoms with Gasteiger partial charge in [-0.2, -0.15) is 0 Å². The Morgan fingerprint density at radius 2 is 2.00 bits per heavy atom. The highest BCUT2D eigenvalue weighted by molar-refractivity contribution is 5.84. The number of carboxylic acid groups (broad SMARTS) is 1. The van der Waals surface area contributed by atoms with Crippen molar-refractivity contribution in [2.24, 2.45) is 0 Å². The molecule has 1 aromatic carbocycles. The van der Waals surface area contributed by atoms with Gasteiger partial charge in [-0.25, -0.2) is 4.79 Å². The van der Waals surface area contributed by atoms with Crippen LogP contribution in [0.15, 0.2) is 24.3 Å². The fraction of sp³-hybridized carbons (Fsp3) is 0.308. The van der Waals surface area contributed by atoms with Gasteiger partial charge in [0.2, 0.25) is 0 Å². The normalized spacial score (nSPS) is 11.4. The lowest BCUT2D eigenvalue weighted by molar-refractivity contribution is -0.142. The van der Waals surface area contributed by atoms with Gasteiger partial charge in [0.15, 0.2) is 6.61 Å². The fourth-order valence-corrected chi connectivity index (χ4v) is 1.37. The Morgan fingerprint density at radius 1 is 1.37 bits per heavy atom. The van der Waals surface area contributed by atoms with Crippen molar-refractivity contribution in [2.75, 3.05) is 6.61 Å². The quantitative estimate of drug-likeness (QED) is 0.713. The lowest BCUT2D eigenvalue weighted by Gasteiger charge is -2.12. The van der Waals surface area contributed by atoms with E-state index in [1.165, 1.54) is 0 Å². The molecule has 1 amide bonds. The van der Waals surface area contributed by atoms with Crippen LogP contribution in [0.25, 0.3) is 0 Å². The number of carbonyl (C=O) groups excluding carboxylic acids is 2. The maximum Gasteiger partial charge on any atom is 0.326 e. The number of hydrogen-bond donors (Lipinski definition) is 2. The van der Waals surface area contributed by atoms with Gasteiger partial charge in [0.1, 0.15) is 18.1 Å². The van der Waals surface area contributed by atoms with E-state index in [0.29, 0.717) is 24.0 Å². The Morgan fingerprint density at radius 3 is 2.47 bits per heavy atom. The summed E-state index contributed by atoms with van der Waals surface area (Å²) in [6.45, 7) is 1.39. The summed E-state index contributed by atoms with van der Waals surface area (Å²) in [4.78, 5) is 32.6. The number of rotatable bonds is 7. The topological polar surface area (TPSA) is 92.7 Å². The summed E-state index contributed by atoms with van der Waals surface area (Å²) in [7, 11) is 0. The van der Waals surface area contributed by atoms with Crippen molar-refractivity contribution in [3.8, 4) is 5.75 Å². The second-order valence-electron chi connectivity index (χ2n) is 3.84. The van der Waals surface area contributed by atoms with Crippen LogP contribution in [0.1, 0.15) is 23.7 Å². The molecule has 0 aliphatic rings. The van der Waals surface area contributed by atoms with Gasteiger partial charge in [-0.1, -0.05) is 6.92 Å². The molecule has 6 nitrogen and oxygen atoms in total. The van der Waals surface area contributed by atoms with Crippen molar-refractivity contribution in [3.63, 3.8) is 0 Å². The monoisotopic (exact) mass is 265 g/mol. The number of nitrogens with one attached hydrogen (secondary N) is 1. The molecule has 0 saturated carbocycles. The summed E-state index contributed by atoms with van der Waals surface area (Å²) in [5.74, 6) is -1.15. The summed E-state index contributed by atoms with van der Waals surface area (Å²) in [6, 6.07) is 5.34. The van der Waals surface area contributed by atoms with Gasteiger partial charge in [-0.15, -0.1) is 0 Å². The number of carboxylic acids is 1.